The monoisotopic (exact) mass is 192 g/mol. The second-order valence-corrected chi connectivity index (χ2v) is 4.90. The lowest BCUT2D eigenvalue weighted by atomic mass is 9.85. The van der Waals surface area contributed by atoms with Crippen molar-refractivity contribution in [3.63, 3.8) is 0 Å². The molecule has 3 atom stereocenters. The summed E-state index contributed by atoms with van der Waals surface area (Å²) in [6.07, 6.45) is 2.70. The van der Waals surface area contributed by atoms with Crippen molar-refractivity contribution >= 4 is 11.6 Å². The minimum Gasteiger partial charge on any atom is -0.0840 e. The van der Waals surface area contributed by atoms with Crippen LogP contribution in [-0.2, 0) is 0 Å². The molecule has 0 nitrogen and oxygen atoms in total. The molecule has 1 fully saturated rings. The smallest absolute Gasteiger partial charge is 0.0443 e. The third-order valence-electron chi connectivity index (χ3n) is 3.78. The Kier molecular flexibility index (Phi) is 1.52. The largest absolute Gasteiger partial charge is 0.0840 e. The average molecular weight is 193 g/mol. The lowest BCUT2D eigenvalue weighted by Crippen LogP contribution is -2.06. The van der Waals surface area contributed by atoms with E-state index in [0.717, 1.165) is 22.8 Å². The van der Waals surface area contributed by atoms with Gasteiger partial charge in [0.25, 0.3) is 0 Å². The van der Waals surface area contributed by atoms with Crippen molar-refractivity contribution < 1.29 is 0 Å². The van der Waals surface area contributed by atoms with Gasteiger partial charge in [-0.05, 0) is 47.8 Å². The lowest BCUT2D eigenvalue weighted by molar-refractivity contribution is 0.514. The van der Waals surface area contributed by atoms with Crippen molar-refractivity contribution in [3.05, 3.63) is 34.3 Å². The van der Waals surface area contributed by atoms with Crippen molar-refractivity contribution in [2.75, 3.05) is 0 Å². The highest BCUT2D eigenvalue weighted by molar-refractivity contribution is 6.31. The van der Waals surface area contributed by atoms with Gasteiger partial charge in [-0.25, -0.2) is 0 Å². The maximum Gasteiger partial charge on any atom is 0.0443 e. The Bertz CT molecular complexity index is 356. The van der Waals surface area contributed by atoms with E-state index in [0.29, 0.717) is 0 Å². The minimum atomic E-state index is 0.767. The molecule has 13 heavy (non-hydrogen) atoms. The Morgan fingerprint density at radius 3 is 3.00 bits per heavy atom. The third-order valence-corrected chi connectivity index (χ3v) is 4.11. The van der Waals surface area contributed by atoms with E-state index in [1.165, 1.54) is 24.0 Å². The molecular formula is C12H13Cl. The van der Waals surface area contributed by atoms with Gasteiger partial charge >= 0.3 is 0 Å². The van der Waals surface area contributed by atoms with Crippen LogP contribution < -0.4 is 0 Å². The number of rotatable bonds is 0. The van der Waals surface area contributed by atoms with Crippen LogP contribution >= 0.6 is 11.6 Å². The molecule has 0 heterocycles. The van der Waals surface area contributed by atoms with Crippen LogP contribution in [0.1, 0.15) is 42.7 Å². The van der Waals surface area contributed by atoms with Crippen molar-refractivity contribution in [2.24, 2.45) is 5.92 Å². The molecule has 0 spiro atoms. The SMILES string of the molecule is CC1CC2CC1c1cccc(Cl)c12. The highest BCUT2D eigenvalue weighted by Gasteiger charge is 2.42. The molecule has 2 aliphatic carbocycles. The summed E-state index contributed by atoms with van der Waals surface area (Å²) in [6.45, 7) is 2.37. The van der Waals surface area contributed by atoms with Crippen LogP contribution in [0.25, 0.3) is 0 Å². The molecule has 2 bridgehead atoms. The molecule has 1 aromatic carbocycles. The maximum atomic E-state index is 6.21. The molecule has 0 saturated heterocycles. The van der Waals surface area contributed by atoms with Gasteiger partial charge in [-0.1, -0.05) is 30.7 Å². The van der Waals surface area contributed by atoms with Gasteiger partial charge in [0.1, 0.15) is 0 Å². The molecule has 68 valence electrons. The second kappa shape index (κ2) is 2.51. The standard InChI is InChI=1S/C12H13Cl/c1-7-5-8-6-10(7)9-3-2-4-11(13)12(8)9/h2-4,7-8,10H,5-6H2,1H3. The maximum absolute atomic E-state index is 6.21. The van der Waals surface area contributed by atoms with Gasteiger partial charge in [-0.15, -0.1) is 0 Å². The Morgan fingerprint density at radius 1 is 1.31 bits per heavy atom. The first-order chi connectivity index (χ1) is 6.27. The number of halogens is 1. The predicted octanol–water partition coefficient (Wildman–Crippen LogP) is 3.95. The van der Waals surface area contributed by atoms with Crippen LogP contribution in [0.15, 0.2) is 18.2 Å². The number of hydrogen-bond acceptors (Lipinski definition) is 0. The summed E-state index contributed by atoms with van der Waals surface area (Å²) in [5, 5.41) is 0.997. The first-order valence-corrected chi connectivity index (χ1v) is 5.43. The fraction of sp³-hybridized carbons (Fsp3) is 0.500. The molecule has 0 N–H and O–H groups in total. The minimum absolute atomic E-state index is 0.767. The van der Waals surface area contributed by atoms with E-state index < -0.39 is 0 Å². The summed E-state index contributed by atoms with van der Waals surface area (Å²) in [4.78, 5) is 0. The van der Waals surface area contributed by atoms with E-state index >= 15 is 0 Å². The van der Waals surface area contributed by atoms with Crippen molar-refractivity contribution in [1.29, 1.82) is 0 Å². The molecule has 0 aromatic heterocycles. The molecule has 1 aromatic rings. The zero-order valence-corrected chi connectivity index (χ0v) is 8.51. The molecule has 0 aliphatic heterocycles. The van der Waals surface area contributed by atoms with Crippen molar-refractivity contribution in [3.8, 4) is 0 Å². The fourth-order valence-corrected chi connectivity index (χ4v) is 3.56. The topological polar surface area (TPSA) is 0 Å². The van der Waals surface area contributed by atoms with E-state index in [9.17, 15) is 0 Å². The Morgan fingerprint density at radius 2 is 2.15 bits per heavy atom. The van der Waals surface area contributed by atoms with E-state index in [-0.39, 0.29) is 0 Å². The van der Waals surface area contributed by atoms with Crippen LogP contribution in [0.3, 0.4) is 0 Å². The molecule has 0 radical (unpaired) electrons. The molecule has 1 heteroatoms. The van der Waals surface area contributed by atoms with Gasteiger partial charge in [0.15, 0.2) is 0 Å². The highest BCUT2D eigenvalue weighted by Crippen LogP contribution is 2.57. The predicted molar refractivity (Wildman–Crippen MR) is 55.3 cm³/mol. The van der Waals surface area contributed by atoms with E-state index in [2.05, 4.69) is 19.1 Å². The summed E-state index contributed by atoms with van der Waals surface area (Å²) in [5.74, 6) is 2.44. The Labute approximate surface area is 83.9 Å². The number of fused-ring (bicyclic) bond motifs is 5. The Balaban J connectivity index is 2.21. The van der Waals surface area contributed by atoms with E-state index in [4.69, 9.17) is 11.6 Å². The first-order valence-electron chi connectivity index (χ1n) is 5.05. The van der Waals surface area contributed by atoms with Gasteiger partial charge in [0.2, 0.25) is 0 Å². The summed E-state index contributed by atoms with van der Waals surface area (Å²) >= 11 is 6.21. The second-order valence-electron chi connectivity index (χ2n) is 4.49. The fourth-order valence-electron chi connectivity index (χ4n) is 3.23. The lowest BCUT2D eigenvalue weighted by Gasteiger charge is -2.21. The summed E-state index contributed by atoms with van der Waals surface area (Å²) < 4.78 is 0. The highest BCUT2D eigenvalue weighted by atomic mass is 35.5. The van der Waals surface area contributed by atoms with Gasteiger partial charge in [-0.3, -0.25) is 0 Å². The summed E-state index contributed by atoms with van der Waals surface area (Å²) in [6, 6.07) is 6.39. The van der Waals surface area contributed by atoms with Crippen molar-refractivity contribution in [1.82, 2.24) is 0 Å². The van der Waals surface area contributed by atoms with E-state index in [1.54, 1.807) is 0 Å². The van der Waals surface area contributed by atoms with Gasteiger partial charge < -0.3 is 0 Å². The normalized spacial score (nSPS) is 35.1. The molecular weight excluding hydrogens is 180 g/mol. The quantitative estimate of drug-likeness (QED) is 0.584. The van der Waals surface area contributed by atoms with Gasteiger partial charge in [0, 0.05) is 5.02 Å². The molecule has 3 rings (SSSR count). The van der Waals surface area contributed by atoms with Gasteiger partial charge in [0.05, 0.1) is 0 Å². The van der Waals surface area contributed by atoms with Crippen LogP contribution in [-0.4, -0.2) is 0 Å². The summed E-state index contributed by atoms with van der Waals surface area (Å²) in [5.41, 5.74) is 3.00. The molecule has 1 saturated carbocycles. The average Bonchev–Trinajstić information content (AvgIpc) is 2.61. The van der Waals surface area contributed by atoms with Crippen LogP contribution in [0.5, 0.6) is 0 Å². The van der Waals surface area contributed by atoms with Crippen LogP contribution in [0.2, 0.25) is 5.02 Å². The van der Waals surface area contributed by atoms with E-state index in [1.807, 2.05) is 6.07 Å². The van der Waals surface area contributed by atoms with Crippen LogP contribution in [0, 0.1) is 5.92 Å². The zero-order valence-electron chi connectivity index (χ0n) is 7.76. The number of hydrogen-bond donors (Lipinski definition) is 0. The Hall–Kier alpha value is -0.490. The summed E-state index contributed by atoms with van der Waals surface area (Å²) in [7, 11) is 0. The zero-order chi connectivity index (χ0) is 9.00. The van der Waals surface area contributed by atoms with Crippen LogP contribution in [0.4, 0.5) is 0 Å². The van der Waals surface area contributed by atoms with Gasteiger partial charge in [-0.2, -0.15) is 0 Å². The molecule has 0 amide bonds. The van der Waals surface area contributed by atoms with Crippen molar-refractivity contribution in [2.45, 2.75) is 31.6 Å². The third kappa shape index (κ3) is 0.927. The number of benzene rings is 1. The molecule has 2 aliphatic rings. The molecule has 3 unspecified atom stereocenters. The first kappa shape index (κ1) is 7.87.